The van der Waals surface area contributed by atoms with Crippen LogP contribution in [0.5, 0.6) is 0 Å². The molecule has 0 aliphatic heterocycles. The lowest BCUT2D eigenvalue weighted by atomic mass is 10.2. The first-order chi connectivity index (χ1) is 14.0. The molecule has 4 aromatic rings. The predicted octanol–water partition coefficient (Wildman–Crippen LogP) is 8.09. The van der Waals surface area contributed by atoms with Crippen molar-refractivity contribution in [3.63, 3.8) is 0 Å². The summed E-state index contributed by atoms with van der Waals surface area (Å²) in [5, 5.41) is 13.8. The molecule has 3 nitrogen and oxygen atoms in total. The summed E-state index contributed by atoms with van der Waals surface area (Å²) in [4.78, 5) is 4.56. The summed E-state index contributed by atoms with van der Waals surface area (Å²) in [6.07, 6.45) is 1.67. The van der Waals surface area contributed by atoms with Crippen LogP contribution in [0.3, 0.4) is 0 Å². The Kier molecular flexibility index (Phi) is 5.75. The van der Waals surface area contributed by atoms with Gasteiger partial charge in [0.25, 0.3) is 0 Å². The molecule has 0 N–H and O–H groups in total. The number of hydrogen-bond acceptors (Lipinski definition) is 4. The topological polar surface area (TPSA) is 49.8 Å². The molecule has 29 heavy (non-hydrogen) atoms. The third-order valence-corrected chi connectivity index (χ3v) is 5.78. The van der Waals surface area contributed by atoms with Crippen molar-refractivity contribution in [2.75, 3.05) is 0 Å². The molecule has 7 heteroatoms. The molecule has 0 unspecified atom stereocenters. The monoisotopic (exact) mass is 456 g/mol. The van der Waals surface area contributed by atoms with Gasteiger partial charge >= 0.3 is 0 Å². The fourth-order valence-electron chi connectivity index (χ4n) is 2.70. The quantitative estimate of drug-likeness (QED) is 0.291. The van der Waals surface area contributed by atoms with Gasteiger partial charge in [0.1, 0.15) is 22.6 Å². The Hall–Kier alpha value is -2.55. The van der Waals surface area contributed by atoms with Gasteiger partial charge in [-0.25, -0.2) is 4.98 Å². The van der Waals surface area contributed by atoms with Crippen molar-refractivity contribution in [3.8, 4) is 28.7 Å². The van der Waals surface area contributed by atoms with E-state index in [4.69, 9.17) is 39.2 Å². The van der Waals surface area contributed by atoms with Crippen LogP contribution < -0.4 is 0 Å². The Morgan fingerprint density at radius 1 is 1.00 bits per heavy atom. The molecule has 0 aliphatic rings. The van der Waals surface area contributed by atoms with Crippen molar-refractivity contribution in [1.29, 1.82) is 5.26 Å². The summed E-state index contributed by atoms with van der Waals surface area (Å²) in [6.45, 7) is 0. The second-order valence-electron chi connectivity index (χ2n) is 6.04. The zero-order chi connectivity index (χ0) is 20.4. The Morgan fingerprint density at radius 2 is 1.76 bits per heavy atom. The van der Waals surface area contributed by atoms with Gasteiger partial charge < -0.3 is 4.42 Å². The zero-order valence-corrected chi connectivity index (χ0v) is 17.8. The first-order valence-corrected chi connectivity index (χ1v) is 10.4. The summed E-state index contributed by atoms with van der Waals surface area (Å²) >= 11 is 19.5. The summed E-state index contributed by atoms with van der Waals surface area (Å²) < 4.78 is 5.86. The Labute approximate surface area is 186 Å². The van der Waals surface area contributed by atoms with E-state index in [1.807, 2.05) is 35.7 Å². The average molecular weight is 458 g/mol. The molecule has 0 amide bonds. The minimum absolute atomic E-state index is 0.406. The SMILES string of the molecule is N#CC(=Cc1ccc(-c2ccc(Cl)cc2)o1)c1nc(-c2ccc(Cl)cc2Cl)cs1. The van der Waals surface area contributed by atoms with Crippen LogP contribution in [0.1, 0.15) is 10.8 Å². The Bertz CT molecular complexity index is 1250. The molecule has 142 valence electrons. The van der Waals surface area contributed by atoms with Gasteiger partial charge in [0.2, 0.25) is 0 Å². The van der Waals surface area contributed by atoms with Crippen LogP contribution in [-0.4, -0.2) is 4.98 Å². The van der Waals surface area contributed by atoms with Crippen LogP contribution in [0.2, 0.25) is 15.1 Å². The van der Waals surface area contributed by atoms with Crippen molar-refractivity contribution in [2.45, 2.75) is 0 Å². The molecule has 2 aromatic heterocycles. The van der Waals surface area contributed by atoms with E-state index in [0.29, 0.717) is 42.9 Å². The van der Waals surface area contributed by atoms with Gasteiger partial charge in [-0.1, -0.05) is 34.8 Å². The van der Waals surface area contributed by atoms with Gasteiger partial charge in [-0.15, -0.1) is 11.3 Å². The highest BCUT2D eigenvalue weighted by atomic mass is 35.5. The van der Waals surface area contributed by atoms with E-state index < -0.39 is 0 Å². The van der Waals surface area contributed by atoms with Crippen LogP contribution in [-0.2, 0) is 0 Å². The normalized spacial score (nSPS) is 11.4. The predicted molar refractivity (Wildman–Crippen MR) is 120 cm³/mol. The lowest BCUT2D eigenvalue weighted by Crippen LogP contribution is -1.83. The molecule has 0 radical (unpaired) electrons. The molecular formula is C22H11Cl3N2OS. The number of nitrogens with zero attached hydrogens (tertiary/aromatic N) is 2. The number of rotatable bonds is 4. The van der Waals surface area contributed by atoms with E-state index in [9.17, 15) is 5.26 Å². The van der Waals surface area contributed by atoms with E-state index in [0.717, 1.165) is 11.1 Å². The van der Waals surface area contributed by atoms with Gasteiger partial charge in [-0.05, 0) is 54.6 Å². The van der Waals surface area contributed by atoms with Crippen molar-refractivity contribution >= 4 is 57.8 Å². The maximum Gasteiger partial charge on any atom is 0.134 e. The first kappa shape index (κ1) is 19.8. The molecule has 0 aliphatic carbocycles. The van der Waals surface area contributed by atoms with E-state index in [1.165, 1.54) is 11.3 Å². The van der Waals surface area contributed by atoms with E-state index in [1.54, 1.807) is 30.3 Å². The second kappa shape index (κ2) is 8.44. The number of allylic oxidation sites excluding steroid dienone is 1. The number of benzene rings is 2. The Morgan fingerprint density at radius 3 is 2.48 bits per heavy atom. The minimum atomic E-state index is 0.406. The van der Waals surface area contributed by atoms with Crippen LogP contribution in [0.25, 0.3) is 34.2 Å². The molecule has 0 fully saturated rings. The van der Waals surface area contributed by atoms with Gasteiger partial charge in [0, 0.05) is 32.6 Å². The Balaban J connectivity index is 1.63. The molecule has 2 aromatic carbocycles. The molecule has 0 atom stereocenters. The highest BCUT2D eigenvalue weighted by molar-refractivity contribution is 7.11. The number of nitriles is 1. The maximum atomic E-state index is 9.61. The number of furan rings is 1. The first-order valence-electron chi connectivity index (χ1n) is 8.42. The third-order valence-electron chi connectivity index (χ3n) is 4.10. The van der Waals surface area contributed by atoms with Crippen molar-refractivity contribution < 1.29 is 4.42 Å². The smallest absolute Gasteiger partial charge is 0.134 e. The standard InChI is InChI=1S/C22H11Cl3N2OS/c23-15-3-1-13(2-4-15)21-8-6-17(28-21)9-14(11-26)22-27-20(12-29-22)18-7-5-16(24)10-19(18)25/h1-10,12H. The van der Waals surface area contributed by atoms with Gasteiger partial charge in [-0.2, -0.15) is 5.26 Å². The van der Waals surface area contributed by atoms with E-state index in [-0.39, 0.29) is 0 Å². The van der Waals surface area contributed by atoms with Crippen molar-refractivity contribution in [1.82, 2.24) is 4.98 Å². The second-order valence-corrected chi connectivity index (χ2v) is 8.18. The summed E-state index contributed by atoms with van der Waals surface area (Å²) in [6, 6.07) is 18.4. The highest BCUT2D eigenvalue weighted by Crippen LogP contribution is 2.33. The van der Waals surface area contributed by atoms with Gasteiger partial charge in [-0.3, -0.25) is 0 Å². The highest BCUT2D eigenvalue weighted by Gasteiger charge is 2.13. The molecule has 0 saturated heterocycles. The van der Waals surface area contributed by atoms with Crippen LogP contribution in [0.4, 0.5) is 0 Å². The van der Waals surface area contributed by atoms with Gasteiger partial charge in [0.15, 0.2) is 0 Å². The maximum absolute atomic E-state index is 9.61. The molecule has 0 bridgehead atoms. The lowest BCUT2D eigenvalue weighted by Gasteiger charge is -2.00. The zero-order valence-electron chi connectivity index (χ0n) is 14.7. The summed E-state index contributed by atoms with van der Waals surface area (Å²) in [7, 11) is 0. The van der Waals surface area contributed by atoms with Crippen molar-refractivity contribution in [3.05, 3.63) is 85.8 Å². The molecular weight excluding hydrogens is 447 g/mol. The largest absolute Gasteiger partial charge is 0.457 e. The van der Waals surface area contributed by atoms with Crippen LogP contribution in [0, 0.1) is 11.3 Å². The number of aromatic nitrogens is 1. The lowest BCUT2D eigenvalue weighted by molar-refractivity contribution is 0.572. The van der Waals surface area contributed by atoms with E-state index in [2.05, 4.69) is 11.1 Å². The number of hydrogen-bond donors (Lipinski definition) is 0. The van der Waals surface area contributed by atoms with Crippen LogP contribution >= 0.6 is 46.1 Å². The molecule has 2 heterocycles. The average Bonchev–Trinajstić information content (AvgIpc) is 3.36. The number of halogens is 3. The molecule has 0 spiro atoms. The minimum Gasteiger partial charge on any atom is -0.457 e. The summed E-state index contributed by atoms with van der Waals surface area (Å²) in [5.74, 6) is 1.26. The third kappa shape index (κ3) is 4.39. The van der Waals surface area contributed by atoms with Crippen LogP contribution in [0.15, 0.2) is 64.4 Å². The van der Waals surface area contributed by atoms with Crippen molar-refractivity contribution in [2.24, 2.45) is 0 Å². The molecule has 0 saturated carbocycles. The fourth-order valence-corrected chi connectivity index (χ4v) is 4.12. The van der Waals surface area contributed by atoms with E-state index >= 15 is 0 Å². The number of thiazole rings is 1. The molecule has 4 rings (SSSR count). The fraction of sp³-hybridized carbons (Fsp3) is 0. The van der Waals surface area contributed by atoms with Gasteiger partial charge in [0.05, 0.1) is 16.3 Å². The summed E-state index contributed by atoms with van der Waals surface area (Å²) in [5.41, 5.74) is 2.76.